The highest BCUT2D eigenvalue weighted by molar-refractivity contribution is 5.97. The fraction of sp³-hybridized carbons (Fsp3) is 0.375. The topological polar surface area (TPSA) is 78.5 Å². The van der Waals surface area contributed by atoms with Crippen molar-refractivity contribution >= 4 is 29.0 Å². The molecule has 0 aromatic heterocycles. The molecule has 30 heavy (non-hydrogen) atoms. The molecule has 0 unspecified atom stereocenters. The average Bonchev–Trinajstić information content (AvgIpc) is 3.53. The van der Waals surface area contributed by atoms with Crippen molar-refractivity contribution in [2.75, 3.05) is 23.7 Å². The zero-order valence-electron chi connectivity index (χ0n) is 17.8. The monoisotopic (exact) mass is 407 g/mol. The van der Waals surface area contributed by atoms with Crippen molar-refractivity contribution in [1.82, 2.24) is 4.90 Å². The molecule has 0 bridgehead atoms. The minimum absolute atomic E-state index is 0.0409. The molecule has 0 radical (unpaired) electrons. The van der Waals surface area contributed by atoms with E-state index >= 15 is 0 Å². The Bertz CT molecular complexity index is 950. The second kappa shape index (κ2) is 9.67. The average molecular weight is 408 g/mol. The molecule has 158 valence electrons. The molecule has 0 heterocycles. The van der Waals surface area contributed by atoms with Crippen LogP contribution in [-0.2, 0) is 9.59 Å². The van der Waals surface area contributed by atoms with Gasteiger partial charge in [-0.05, 0) is 62.9 Å². The number of rotatable bonds is 9. The summed E-state index contributed by atoms with van der Waals surface area (Å²) in [6.07, 6.45) is 2.40. The largest absolute Gasteiger partial charge is 0.326 e. The van der Waals surface area contributed by atoms with Gasteiger partial charge in [0.1, 0.15) is 0 Å². The van der Waals surface area contributed by atoms with Gasteiger partial charge in [-0.15, -0.1) is 0 Å². The molecular weight excluding hydrogens is 378 g/mol. The number of nitrogens with one attached hydrogen (secondary N) is 2. The SMILES string of the molecule is CC(=O)c1cccc(NC(=O)CCN(CC(=O)Nc2cc(C)ccc2C)C2CC2)c1. The molecule has 2 amide bonds. The Kier molecular flexibility index (Phi) is 7.00. The zero-order chi connectivity index (χ0) is 21.7. The number of carbonyl (C=O) groups excluding carboxylic acids is 3. The van der Waals surface area contributed by atoms with Crippen molar-refractivity contribution < 1.29 is 14.4 Å². The highest BCUT2D eigenvalue weighted by Crippen LogP contribution is 2.27. The Morgan fingerprint density at radius 2 is 1.77 bits per heavy atom. The summed E-state index contributed by atoms with van der Waals surface area (Å²) in [5.41, 5.74) is 4.13. The van der Waals surface area contributed by atoms with E-state index in [1.54, 1.807) is 24.3 Å². The Morgan fingerprint density at radius 1 is 1.00 bits per heavy atom. The van der Waals surface area contributed by atoms with Gasteiger partial charge in [0.2, 0.25) is 11.8 Å². The second-order valence-corrected chi connectivity index (χ2v) is 8.00. The minimum Gasteiger partial charge on any atom is -0.326 e. The lowest BCUT2D eigenvalue weighted by Crippen LogP contribution is -2.37. The Morgan fingerprint density at radius 3 is 2.47 bits per heavy atom. The summed E-state index contributed by atoms with van der Waals surface area (Å²) in [5.74, 6) is -0.234. The van der Waals surface area contributed by atoms with E-state index in [4.69, 9.17) is 0 Å². The normalized spacial score (nSPS) is 13.2. The van der Waals surface area contributed by atoms with Gasteiger partial charge in [0.05, 0.1) is 6.54 Å². The number of amides is 2. The predicted molar refractivity (Wildman–Crippen MR) is 119 cm³/mol. The Hall–Kier alpha value is -2.99. The van der Waals surface area contributed by atoms with Crippen molar-refractivity contribution in [2.45, 2.75) is 46.1 Å². The van der Waals surface area contributed by atoms with Crippen molar-refractivity contribution in [1.29, 1.82) is 0 Å². The molecule has 1 aliphatic carbocycles. The number of anilines is 2. The number of benzene rings is 2. The maximum Gasteiger partial charge on any atom is 0.238 e. The van der Waals surface area contributed by atoms with Crippen LogP contribution in [0.2, 0.25) is 0 Å². The molecule has 2 N–H and O–H groups in total. The number of hydrogen-bond donors (Lipinski definition) is 2. The van der Waals surface area contributed by atoms with E-state index in [0.717, 1.165) is 29.7 Å². The van der Waals surface area contributed by atoms with Crippen LogP contribution in [0.4, 0.5) is 11.4 Å². The number of aryl methyl sites for hydroxylation is 2. The van der Waals surface area contributed by atoms with Gasteiger partial charge < -0.3 is 10.6 Å². The quantitative estimate of drug-likeness (QED) is 0.617. The van der Waals surface area contributed by atoms with E-state index in [-0.39, 0.29) is 30.6 Å². The zero-order valence-corrected chi connectivity index (χ0v) is 17.8. The molecular formula is C24H29N3O3. The molecule has 2 aromatic rings. The van der Waals surface area contributed by atoms with Crippen molar-refractivity contribution in [2.24, 2.45) is 0 Å². The fourth-order valence-electron chi connectivity index (χ4n) is 3.36. The molecule has 0 spiro atoms. The Balaban J connectivity index is 1.52. The third-order valence-corrected chi connectivity index (χ3v) is 5.26. The van der Waals surface area contributed by atoms with E-state index in [1.165, 1.54) is 6.92 Å². The second-order valence-electron chi connectivity index (χ2n) is 8.00. The van der Waals surface area contributed by atoms with Crippen LogP contribution in [0.3, 0.4) is 0 Å². The summed E-state index contributed by atoms with van der Waals surface area (Å²) in [6.45, 7) is 6.25. The summed E-state index contributed by atoms with van der Waals surface area (Å²) in [5, 5.41) is 5.84. The van der Waals surface area contributed by atoms with Crippen LogP contribution >= 0.6 is 0 Å². The third-order valence-electron chi connectivity index (χ3n) is 5.26. The molecule has 0 atom stereocenters. The van der Waals surface area contributed by atoms with Crippen molar-refractivity contribution in [3.63, 3.8) is 0 Å². The van der Waals surface area contributed by atoms with Gasteiger partial charge >= 0.3 is 0 Å². The number of Topliss-reactive ketones (excluding diaryl/α,β-unsaturated/α-hetero) is 1. The fourth-order valence-corrected chi connectivity index (χ4v) is 3.36. The first-order chi connectivity index (χ1) is 14.3. The van der Waals surface area contributed by atoms with E-state index in [2.05, 4.69) is 15.5 Å². The molecule has 6 nitrogen and oxygen atoms in total. The van der Waals surface area contributed by atoms with Crippen molar-refractivity contribution in [3.8, 4) is 0 Å². The lowest BCUT2D eigenvalue weighted by molar-refractivity contribution is -0.119. The Labute approximate surface area is 177 Å². The summed E-state index contributed by atoms with van der Waals surface area (Å²) in [7, 11) is 0. The summed E-state index contributed by atoms with van der Waals surface area (Å²) in [6, 6.07) is 13.3. The lowest BCUT2D eigenvalue weighted by Gasteiger charge is -2.21. The van der Waals surface area contributed by atoms with Gasteiger partial charge in [-0.25, -0.2) is 0 Å². The first-order valence-electron chi connectivity index (χ1n) is 10.3. The van der Waals surface area contributed by atoms with Crippen LogP contribution in [0.5, 0.6) is 0 Å². The van der Waals surface area contributed by atoms with E-state index in [1.807, 2.05) is 32.0 Å². The van der Waals surface area contributed by atoms with E-state index < -0.39 is 0 Å². The third kappa shape index (κ3) is 6.26. The van der Waals surface area contributed by atoms with Gasteiger partial charge in [0.25, 0.3) is 0 Å². The highest BCUT2D eigenvalue weighted by atomic mass is 16.2. The van der Waals surface area contributed by atoms with Gasteiger partial charge in [-0.2, -0.15) is 0 Å². The molecule has 6 heteroatoms. The summed E-state index contributed by atoms with van der Waals surface area (Å²) in [4.78, 5) is 38.5. The smallest absolute Gasteiger partial charge is 0.238 e. The maximum absolute atomic E-state index is 12.6. The standard InChI is InChI=1S/C24H29N3O3/c1-16-7-8-17(2)22(13-16)26-24(30)15-27(21-9-10-21)12-11-23(29)25-20-6-4-5-19(14-20)18(3)28/h4-8,13-14,21H,9-12,15H2,1-3H3,(H,25,29)(H,26,30). The predicted octanol–water partition coefficient (Wildman–Crippen LogP) is 3.94. The van der Waals surface area contributed by atoms with E-state index in [9.17, 15) is 14.4 Å². The maximum atomic E-state index is 12.6. The number of carbonyl (C=O) groups is 3. The molecule has 3 rings (SSSR count). The first-order valence-corrected chi connectivity index (χ1v) is 10.3. The van der Waals surface area contributed by atoms with E-state index in [0.29, 0.717) is 23.8 Å². The summed E-state index contributed by atoms with van der Waals surface area (Å²) >= 11 is 0. The molecule has 1 saturated carbocycles. The molecule has 0 aliphatic heterocycles. The van der Waals surface area contributed by atoms with Crippen LogP contribution in [-0.4, -0.2) is 41.6 Å². The molecule has 1 fully saturated rings. The molecule has 1 aliphatic rings. The minimum atomic E-state index is -0.128. The number of ketones is 1. The van der Waals surface area contributed by atoms with Crippen LogP contribution in [0.1, 0.15) is 47.7 Å². The van der Waals surface area contributed by atoms with Gasteiger partial charge in [0, 0.05) is 35.9 Å². The van der Waals surface area contributed by atoms with Crippen LogP contribution in [0, 0.1) is 13.8 Å². The number of nitrogens with zero attached hydrogens (tertiary/aromatic N) is 1. The van der Waals surface area contributed by atoms with Gasteiger partial charge in [0.15, 0.2) is 5.78 Å². The van der Waals surface area contributed by atoms with Crippen LogP contribution in [0.15, 0.2) is 42.5 Å². The highest BCUT2D eigenvalue weighted by Gasteiger charge is 2.30. The van der Waals surface area contributed by atoms with Gasteiger partial charge in [-0.3, -0.25) is 19.3 Å². The first kappa shape index (κ1) is 21.7. The van der Waals surface area contributed by atoms with Crippen molar-refractivity contribution in [3.05, 3.63) is 59.2 Å². The summed E-state index contributed by atoms with van der Waals surface area (Å²) < 4.78 is 0. The van der Waals surface area contributed by atoms with Crippen LogP contribution in [0.25, 0.3) is 0 Å². The number of hydrogen-bond acceptors (Lipinski definition) is 4. The molecule has 0 saturated heterocycles. The van der Waals surface area contributed by atoms with Gasteiger partial charge in [-0.1, -0.05) is 24.3 Å². The van der Waals surface area contributed by atoms with Crippen LogP contribution < -0.4 is 10.6 Å². The lowest BCUT2D eigenvalue weighted by atomic mass is 10.1. The molecule has 2 aromatic carbocycles.